The lowest BCUT2D eigenvalue weighted by molar-refractivity contribution is -0.142. The van der Waals surface area contributed by atoms with Crippen molar-refractivity contribution in [3.05, 3.63) is 12.4 Å². The molecule has 0 aliphatic heterocycles. The van der Waals surface area contributed by atoms with Crippen LogP contribution >= 0.6 is 11.8 Å². The van der Waals surface area contributed by atoms with Crippen molar-refractivity contribution in [2.24, 2.45) is 13.0 Å². The number of hydrogen-bond acceptors (Lipinski definition) is 3. The van der Waals surface area contributed by atoms with Crippen molar-refractivity contribution < 1.29 is 9.90 Å². The van der Waals surface area contributed by atoms with Crippen LogP contribution in [0.5, 0.6) is 0 Å². The Morgan fingerprint density at radius 1 is 1.56 bits per heavy atom. The van der Waals surface area contributed by atoms with Gasteiger partial charge >= 0.3 is 5.97 Å². The van der Waals surface area contributed by atoms with Crippen LogP contribution in [0.15, 0.2) is 17.3 Å². The van der Waals surface area contributed by atoms with E-state index in [0.717, 1.165) is 30.6 Å². The molecule has 2 unspecified atom stereocenters. The van der Waals surface area contributed by atoms with E-state index in [1.54, 1.807) is 22.6 Å². The topological polar surface area (TPSA) is 55.1 Å². The van der Waals surface area contributed by atoms with E-state index in [4.69, 9.17) is 5.11 Å². The van der Waals surface area contributed by atoms with Gasteiger partial charge in [-0.15, -0.1) is 11.8 Å². The van der Waals surface area contributed by atoms with Gasteiger partial charge in [0.2, 0.25) is 0 Å². The molecule has 88 valence electrons. The minimum absolute atomic E-state index is 0.195. The van der Waals surface area contributed by atoms with Gasteiger partial charge in [0.25, 0.3) is 0 Å². The third-order valence-electron chi connectivity index (χ3n) is 2.99. The second kappa shape index (κ2) is 4.91. The Labute approximate surface area is 99.0 Å². The van der Waals surface area contributed by atoms with Gasteiger partial charge in [-0.2, -0.15) is 5.10 Å². The van der Waals surface area contributed by atoms with Crippen molar-refractivity contribution in [2.45, 2.75) is 35.8 Å². The summed E-state index contributed by atoms with van der Waals surface area (Å²) in [6, 6.07) is 0. The first-order valence-corrected chi connectivity index (χ1v) is 6.43. The smallest absolute Gasteiger partial charge is 0.307 e. The Morgan fingerprint density at radius 2 is 2.31 bits per heavy atom. The molecule has 16 heavy (non-hydrogen) atoms. The average molecular weight is 240 g/mol. The summed E-state index contributed by atoms with van der Waals surface area (Å²) in [5.74, 6) is -0.847. The van der Waals surface area contributed by atoms with Crippen LogP contribution in [-0.4, -0.2) is 26.1 Å². The quantitative estimate of drug-likeness (QED) is 0.879. The van der Waals surface area contributed by atoms with Gasteiger partial charge in [-0.25, -0.2) is 0 Å². The Morgan fingerprint density at radius 3 is 2.94 bits per heavy atom. The lowest BCUT2D eigenvalue weighted by Crippen LogP contribution is -2.28. The molecule has 0 saturated heterocycles. The molecule has 2 atom stereocenters. The normalized spacial score (nSPS) is 25.6. The summed E-state index contributed by atoms with van der Waals surface area (Å²) in [5.41, 5.74) is 0. The number of carbonyl (C=O) groups is 1. The molecule has 0 amide bonds. The molecule has 4 nitrogen and oxygen atoms in total. The van der Waals surface area contributed by atoms with E-state index in [9.17, 15) is 4.79 Å². The average Bonchev–Trinajstić information content (AvgIpc) is 2.64. The lowest BCUT2D eigenvalue weighted by atomic mass is 9.89. The molecule has 1 aliphatic rings. The molecular formula is C11H16N2O2S. The molecule has 5 heteroatoms. The first kappa shape index (κ1) is 11.5. The number of rotatable bonds is 3. The molecule has 0 spiro atoms. The number of aromatic nitrogens is 2. The highest BCUT2D eigenvalue weighted by Crippen LogP contribution is 2.37. The molecule has 0 aromatic carbocycles. The van der Waals surface area contributed by atoms with Crippen LogP contribution in [0.1, 0.15) is 25.7 Å². The summed E-state index contributed by atoms with van der Waals surface area (Å²) in [6.45, 7) is 0. The Balaban J connectivity index is 2.03. The highest BCUT2D eigenvalue weighted by molar-refractivity contribution is 8.00. The van der Waals surface area contributed by atoms with Crippen LogP contribution in [0.25, 0.3) is 0 Å². The van der Waals surface area contributed by atoms with Crippen LogP contribution < -0.4 is 0 Å². The number of carboxylic acids is 1. The van der Waals surface area contributed by atoms with Crippen LogP contribution in [-0.2, 0) is 11.8 Å². The van der Waals surface area contributed by atoms with Crippen LogP contribution in [0.4, 0.5) is 0 Å². The fourth-order valence-corrected chi connectivity index (χ4v) is 3.53. The molecule has 1 aromatic heterocycles. The summed E-state index contributed by atoms with van der Waals surface area (Å²) >= 11 is 1.66. The van der Waals surface area contributed by atoms with E-state index in [0.29, 0.717) is 0 Å². The van der Waals surface area contributed by atoms with Crippen LogP contribution in [0.2, 0.25) is 0 Å². The van der Waals surface area contributed by atoms with E-state index in [1.165, 1.54) is 0 Å². The zero-order chi connectivity index (χ0) is 11.5. The van der Waals surface area contributed by atoms with Gasteiger partial charge in [0.05, 0.1) is 12.1 Å². The molecule has 0 radical (unpaired) electrons. The van der Waals surface area contributed by atoms with Crippen molar-refractivity contribution in [1.82, 2.24) is 9.78 Å². The first-order chi connectivity index (χ1) is 7.66. The molecule has 1 fully saturated rings. The number of carboxylic acid groups (broad SMARTS) is 1. The van der Waals surface area contributed by atoms with Gasteiger partial charge in [0.15, 0.2) is 0 Å². The maximum atomic E-state index is 11.1. The number of thioether (sulfide) groups is 1. The lowest BCUT2D eigenvalue weighted by Gasteiger charge is -2.27. The number of aryl methyl sites for hydroxylation is 1. The van der Waals surface area contributed by atoms with Crippen molar-refractivity contribution in [3.63, 3.8) is 0 Å². The maximum absolute atomic E-state index is 11.1. The minimum Gasteiger partial charge on any atom is -0.481 e. The zero-order valence-electron chi connectivity index (χ0n) is 9.30. The summed E-state index contributed by atoms with van der Waals surface area (Å²) in [7, 11) is 1.87. The molecule has 0 bridgehead atoms. The van der Waals surface area contributed by atoms with Gasteiger partial charge in [-0.3, -0.25) is 9.48 Å². The SMILES string of the molecule is Cn1cc(SC2CCCCC2C(=O)O)cn1. The number of hydrogen-bond donors (Lipinski definition) is 1. The Kier molecular flexibility index (Phi) is 3.53. The predicted octanol–water partition coefficient (Wildman–Crippen LogP) is 2.16. The fourth-order valence-electron chi connectivity index (χ4n) is 2.15. The maximum Gasteiger partial charge on any atom is 0.307 e. The number of nitrogens with zero attached hydrogens (tertiary/aromatic N) is 2. The van der Waals surface area contributed by atoms with Crippen molar-refractivity contribution >= 4 is 17.7 Å². The third kappa shape index (κ3) is 2.58. The Hall–Kier alpha value is -0.970. The zero-order valence-corrected chi connectivity index (χ0v) is 10.1. The fraction of sp³-hybridized carbons (Fsp3) is 0.636. The minimum atomic E-state index is -0.652. The molecule has 1 heterocycles. The molecule has 1 saturated carbocycles. The van der Waals surface area contributed by atoms with Crippen molar-refractivity contribution in [1.29, 1.82) is 0 Å². The monoisotopic (exact) mass is 240 g/mol. The van der Waals surface area contributed by atoms with E-state index < -0.39 is 5.97 Å². The Bertz CT molecular complexity index is 378. The first-order valence-electron chi connectivity index (χ1n) is 5.55. The van der Waals surface area contributed by atoms with Gasteiger partial charge in [0, 0.05) is 23.4 Å². The van der Waals surface area contributed by atoms with E-state index in [-0.39, 0.29) is 11.2 Å². The summed E-state index contributed by atoms with van der Waals surface area (Å²) in [4.78, 5) is 12.2. The summed E-state index contributed by atoms with van der Waals surface area (Å²) in [5, 5.41) is 13.5. The molecule has 2 rings (SSSR count). The predicted molar refractivity (Wildman–Crippen MR) is 62.4 cm³/mol. The van der Waals surface area contributed by atoms with Crippen molar-refractivity contribution in [2.75, 3.05) is 0 Å². The molecule has 1 N–H and O–H groups in total. The summed E-state index contributed by atoms with van der Waals surface area (Å²) < 4.78 is 1.75. The van der Waals surface area contributed by atoms with E-state index in [2.05, 4.69) is 5.10 Å². The molecular weight excluding hydrogens is 224 g/mol. The van der Waals surface area contributed by atoms with Crippen LogP contribution in [0.3, 0.4) is 0 Å². The van der Waals surface area contributed by atoms with Crippen molar-refractivity contribution in [3.8, 4) is 0 Å². The molecule has 1 aromatic rings. The highest BCUT2D eigenvalue weighted by atomic mass is 32.2. The van der Waals surface area contributed by atoms with E-state index in [1.807, 2.05) is 13.2 Å². The number of aliphatic carboxylic acids is 1. The third-order valence-corrected chi connectivity index (χ3v) is 4.34. The standard InChI is InChI=1S/C11H16N2O2S/c1-13-7-8(6-12-13)16-10-5-3-2-4-9(10)11(14)15/h6-7,9-10H,2-5H2,1H3,(H,14,15). The van der Waals surface area contributed by atoms with E-state index >= 15 is 0 Å². The largest absolute Gasteiger partial charge is 0.481 e. The van der Waals surface area contributed by atoms with Gasteiger partial charge in [-0.1, -0.05) is 12.8 Å². The van der Waals surface area contributed by atoms with Gasteiger partial charge < -0.3 is 5.11 Å². The van der Waals surface area contributed by atoms with Crippen LogP contribution in [0, 0.1) is 5.92 Å². The molecule has 1 aliphatic carbocycles. The second-order valence-corrected chi connectivity index (χ2v) is 5.55. The highest BCUT2D eigenvalue weighted by Gasteiger charge is 2.31. The van der Waals surface area contributed by atoms with Gasteiger partial charge in [0.1, 0.15) is 0 Å². The summed E-state index contributed by atoms with van der Waals surface area (Å²) in [6.07, 6.45) is 7.74. The van der Waals surface area contributed by atoms with Gasteiger partial charge in [-0.05, 0) is 12.8 Å². The second-order valence-electron chi connectivity index (χ2n) is 4.24.